The summed E-state index contributed by atoms with van der Waals surface area (Å²) in [6.07, 6.45) is 3.50. The van der Waals surface area contributed by atoms with Crippen LogP contribution in [0.2, 0.25) is 0 Å². The number of nitrogens with two attached hydrogens (primary N) is 1. The first kappa shape index (κ1) is 23.5. The monoisotopic (exact) mass is 463 g/mol. The first-order valence-corrected chi connectivity index (χ1v) is 13.0. The second-order valence-corrected chi connectivity index (χ2v) is 12.2. The molecule has 2 aliphatic rings. The molecular weight excluding hydrogens is 426 g/mol. The van der Waals surface area contributed by atoms with Crippen molar-refractivity contribution in [2.45, 2.75) is 64.5 Å². The predicted octanol–water partition coefficient (Wildman–Crippen LogP) is 2.86. The molecule has 4 rings (SSSR count). The SMILES string of the molecule is CN(c1ccc2c(c1)nc(C(C)(C)C)n2CC1CCOCC1)S(=O)(=O)N1CCC(N)CC1. The Hall–Kier alpha value is -1.68. The molecule has 178 valence electrons. The van der Waals surface area contributed by atoms with Crippen LogP contribution in [0.5, 0.6) is 0 Å². The molecule has 0 spiro atoms. The van der Waals surface area contributed by atoms with Crippen LogP contribution in [0.3, 0.4) is 0 Å². The van der Waals surface area contributed by atoms with E-state index < -0.39 is 10.2 Å². The number of hydrogen-bond donors (Lipinski definition) is 1. The summed E-state index contributed by atoms with van der Waals surface area (Å²) >= 11 is 0. The van der Waals surface area contributed by atoms with Crippen LogP contribution in [0.25, 0.3) is 11.0 Å². The third-order valence-electron chi connectivity index (χ3n) is 6.72. The number of fused-ring (bicyclic) bond motifs is 1. The fraction of sp³-hybridized carbons (Fsp3) is 0.696. The molecular formula is C23H37N5O3S. The summed E-state index contributed by atoms with van der Waals surface area (Å²) in [4.78, 5) is 4.98. The average Bonchev–Trinajstić information content (AvgIpc) is 3.12. The molecule has 2 fully saturated rings. The van der Waals surface area contributed by atoms with Crippen LogP contribution in [0.4, 0.5) is 5.69 Å². The van der Waals surface area contributed by atoms with Crippen molar-refractivity contribution in [1.82, 2.24) is 13.9 Å². The van der Waals surface area contributed by atoms with E-state index in [4.69, 9.17) is 15.5 Å². The summed E-state index contributed by atoms with van der Waals surface area (Å²) in [6, 6.07) is 5.89. The van der Waals surface area contributed by atoms with E-state index in [1.54, 1.807) is 7.05 Å². The van der Waals surface area contributed by atoms with Crippen LogP contribution in [0.1, 0.15) is 52.3 Å². The maximum absolute atomic E-state index is 13.2. The maximum atomic E-state index is 13.2. The molecule has 8 nitrogen and oxygen atoms in total. The summed E-state index contributed by atoms with van der Waals surface area (Å²) in [5, 5.41) is 0. The number of nitrogens with zero attached hydrogens (tertiary/aromatic N) is 4. The Morgan fingerprint density at radius 1 is 1.16 bits per heavy atom. The number of ether oxygens (including phenoxy) is 1. The molecule has 0 saturated carbocycles. The highest BCUT2D eigenvalue weighted by Crippen LogP contribution is 2.32. The minimum Gasteiger partial charge on any atom is -0.381 e. The van der Waals surface area contributed by atoms with E-state index in [0.29, 0.717) is 37.5 Å². The van der Waals surface area contributed by atoms with Crippen molar-refractivity contribution in [3.63, 3.8) is 0 Å². The molecule has 3 heterocycles. The second kappa shape index (κ2) is 8.93. The summed E-state index contributed by atoms with van der Waals surface area (Å²) in [5.41, 5.74) is 8.36. The van der Waals surface area contributed by atoms with Crippen LogP contribution in [0, 0.1) is 5.92 Å². The summed E-state index contributed by atoms with van der Waals surface area (Å²) in [6.45, 7) is 9.99. The quantitative estimate of drug-likeness (QED) is 0.736. The Kier molecular flexibility index (Phi) is 6.55. The van der Waals surface area contributed by atoms with E-state index in [0.717, 1.165) is 49.5 Å². The molecule has 1 aromatic carbocycles. The van der Waals surface area contributed by atoms with Crippen molar-refractivity contribution in [2.24, 2.45) is 11.7 Å². The van der Waals surface area contributed by atoms with E-state index in [9.17, 15) is 8.42 Å². The number of benzene rings is 1. The molecule has 2 aromatic rings. The average molecular weight is 464 g/mol. The van der Waals surface area contributed by atoms with Gasteiger partial charge in [0, 0.05) is 51.4 Å². The van der Waals surface area contributed by atoms with E-state index in [1.807, 2.05) is 18.2 Å². The fourth-order valence-corrected chi connectivity index (χ4v) is 6.07. The summed E-state index contributed by atoms with van der Waals surface area (Å²) in [7, 11) is -1.98. The van der Waals surface area contributed by atoms with Gasteiger partial charge < -0.3 is 15.0 Å². The zero-order valence-corrected chi connectivity index (χ0v) is 20.6. The van der Waals surface area contributed by atoms with Crippen molar-refractivity contribution in [1.29, 1.82) is 0 Å². The Morgan fingerprint density at radius 2 is 1.81 bits per heavy atom. The lowest BCUT2D eigenvalue weighted by molar-refractivity contribution is 0.0611. The van der Waals surface area contributed by atoms with Crippen molar-refractivity contribution >= 4 is 26.9 Å². The van der Waals surface area contributed by atoms with Gasteiger partial charge in [-0.2, -0.15) is 12.7 Å². The zero-order valence-electron chi connectivity index (χ0n) is 19.7. The van der Waals surface area contributed by atoms with Gasteiger partial charge >= 0.3 is 10.2 Å². The molecule has 0 radical (unpaired) electrons. The molecule has 0 unspecified atom stereocenters. The van der Waals surface area contributed by atoms with Crippen molar-refractivity contribution in [3.05, 3.63) is 24.0 Å². The highest BCUT2D eigenvalue weighted by molar-refractivity contribution is 7.90. The molecule has 0 bridgehead atoms. The molecule has 0 atom stereocenters. The number of piperidine rings is 1. The van der Waals surface area contributed by atoms with Gasteiger partial charge in [0.2, 0.25) is 0 Å². The van der Waals surface area contributed by atoms with Crippen molar-refractivity contribution in [2.75, 3.05) is 37.7 Å². The Labute approximate surface area is 191 Å². The lowest BCUT2D eigenvalue weighted by Gasteiger charge is -2.33. The molecule has 2 aliphatic heterocycles. The van der Waals surface area contributed by atoms with Gasteiger partial charge in [0.15, 0.2) is 0 Å². The van der Waals surface area contributed by atoms with Gasteiger partial charge in [0.05, 0.1) is 16.7 Å². The Balaban J connectivity index is 1.66. The van der Waals surface area contributed by atoms with Gasteiger partial charge in [-0.15, -0.1) is 0 Å². The number of anilines is 1. The highest BCUT2D eigenvalue weighted by atomic mass is 32.2. The molecule has 32 heavy (non-hydrogen) atoms. The largest absolute Gasteiger partial charge is 0.381 e. The Bertz CT molecular complexity index is 1050. The topological polar surface area (TPSA) is 93.7 Å². The Morgan fingerprint density at radius 3 is 2.44 bits per heavy atom. The highest BCUT2D eigenvalue weighted by Gasteiger charge is 2.31. The van der Waals surface area contributed by atoms with Crippen molar-refractivity contribution in [3.8, 4) is 0 Å². The lowest BCUT2D eigenvalue weighted by atomic mass is 9.94. The molecule has 1 aromatic heterocycles. The van der Waals surface area contributed by atoms with Crippen molar-refractivity contribution < 1.29 is 13.2 Å². The molecule has 2 N–H and O–H groups in total. The number of rotatable bonds is 5. The van der Waals surface area contributed by atoms with Crippen LogP contribution in [-0.4, -0.2) is 61.7 Å². The van der Waals surface area contributed by atoms with Crippen LogP contribution in [-0.2, 0) is 26.9 Å². The predicted molar refractivity (Wildman–Crippen MR) is 128 cm³/mol. The van der Waals surface area contributed by atoms with Crippen LogP contribution < -0.4 is 10.0 Å². The summed E-state index contributed by atoms with van der Waals surface area (Å²) in [5.74, 6) is 1.60. The van der Waals surface area contributed by atoms with E-state index in [2.05, 4.69) is 25.3 Å². The van der Waals surface area contributed by atoms with E-state index >= 15 is 0 Å². The minimum atomic E-state index is -3.60. The van der Waals surface area contributed by atoms with Crippen LogP contribution >= 0.6 is 0 Å². The first-order chi connectivity index (χ1) is 15.1. The second-order valence-electron chi connectivity index (χ2n) is 10.2. The maximum Gasteiger partial charge on any atom is 0.303 e. The number of hydrogen-bond acceptors (Lipinski definition) is 5. The van der Waals surface area contributed by atoms with E-state index in [-0.39, 0.29) is 11.5 Å². The number of imidazole rings is 1. The van der Waals surface area contributed by atoms with Gasteiger partial charge in [0.25, 0.3) is 0 Å². The van der Waals surface area contributed by atoms with Gasteiger partial charge in [-0.3, -0.25) is 4.31 Å². The molecule has 0 amide bonds. The fourth-order valence-electron chi connectivity index (χ4n) is 4.67. The third-order valence-corrected chi connectivity index (χ3v) is 8.64. The standard InChI is InChI=1S/C23H37N5O3S/c1-23(2,3)22-25-20-15-19(26(4)32(29,30)27-11-7-18(24)8-12-27)5-6-21(20)28(22)16-17-9-13-31-14-10-17/h5-6,15,17-18H,7-14,16,24H2,1-4H3. The first-order valence-electron chi connectivity index (χ1n) is 11.7. The zero-order chi connectivity index (χ0) is 23.1. The smallest absolute Gasteiger partial charge is 0.303 e. The van der Waals surface area contributed by atoms with Gasteiger partial charge in [-0.05, 0) is 49.8 Å². The van der Waals surface area contributed by atoms with E-state index in [1.165, 1.54) is 8.61 Å². The third kappa shape index (κ3) is 4.66. The van der Waals surface area contributed by atoms with Gasteiger partial charge in [-0.1, -0.05) is 20.8 Å². The lowest BCUT2D eigenvalue weighted by Crippen LogP contribution is -2.48. The van der Waals surface area contributed by atoms with Gasteiger partial charge in [0.1, 0.15) is 5.82 Å². The minimum absolute atomic E-state index is 0.0821. The molecule has 2 saturated heterocycles. The summed E-state index contributed by atoms with van der Waals surface area (Å²) < 4.78 is 37.2. The normalized spacial score (nSPS) is 20.2. The van der Waals surface area contributed by atoms with Crippen LogP contribution in [0.15, 0.2) is 18.2 Å². The molecule has 0 aliphatic carbocycles. The van der Waals surface area contributed by atoms with Gasteiger partial charge in [-0.25, -0.2) is 4.98 Å². The molecule has 9 heteroatoms. The number of aromatic nitrogens is 2.